The van der Waals surface area contributed by atoms with Crippen molar-refractivity contribution in [3.8, 4) is 0 Å². The number of carboxylic acids is 1. The maximum atomic E-state index is 10.9. The van der Waals surface area contributed by atoms with E-state index in [0.29, 0.717) is 5.92 Å². The minimum absolute atomic E-state index is 0.0219. The van der Waals surface area contributed by atoms with Gasteiger partial charge in [0, 0.05) is 16.6 Å². The number of aliphatic carboxylic acids is 1. The Balaban J connectivity index is 2.59. The van der Waals surface area contributed by atoms with Crippen LogP contribution in [0, 0.1) is 6.92 Å². The van der Waals surface area contributed by atoms with Crippen LogP contribution in [-0.4, -0.2) is 16.1 Å². The van der Waals surface area contributed by atoms with Crippen LogP contribution in [0.3, 0.4) is 0 Å². The van der Waals surface area contributed by atoms with Gasteiger partial charge in [0.05, 0.1) is 6.42 Å². The summed E-state index contributed by atoms with van der Waals surface area (Å²) in [5.41, 5.74) is 4.66. The highest BCUT2D eigenvalue weighted by molar-refractivity contribution is 5.88. The zero-order valence-corrected chi connectivity index (χ0v) is 11.9. The Morgan fingerprint density at radius 2 is 2.00 bits per heavy atom. The van der Waals surface area contributed by atoms with Crippen LogP contribution in [0.4, 0.5) is 0 Å². The van der Waals surface area contributed by atoms with Gasteiger partial charge in [0.25, 0.3) is 0 Å². The number of rotatable bonds is 4. The summed E-state index contributed by atoms with van der Waals surface area (Å²) in [7, 11) is 0. The molecule has 0 bridgehead atoms. The third-order valence-electron chi connectivity index (χ3n) is 3.70. The van der Waals surface area contributed by atoms with Crippen LogP contribution < -0.4 is 0 Å². The molecular formula is C16H21NO2. The standard InChI is InChI=1S/C16H21NO2/c1-9(2)12-6-5-7-13-15(10(3)8-14(18)19)11(4)17-16(12)13/h5-7,9-10,17H,8H2,1-4H3,(H,18,19). The van der Waals surface area contributed by atoms with Gasteiger partial charge in [-0.2, -0.15) is 0 Å². The second kappa shape index (κ2) is 5.08. The average molecular weight is 259 g/mol. The number of H-pyrrole nitrogens is 1. The minimum Gasteiger partial charge on any atom is -0.481 e. The van der Waals surface area contributed by atoms with E-state index in [2.05, 4.69) is 37.0 Å². The van der Waals surface area contributed by atoms with Crippen molar-refractivity contribution in [3.05, 3.63) is 35.0 Å². The van der Waals surface area contributed by atoms with E-state index in [-0.39, 0.29) is 12.3 Å². The van der Waals surface area contributed by atoms with Crippen LogP contribution in [0.15, 0.2) is 18.2 Å². The van der Waals surface area contributed by atoms with Crippen molar-refractivity contribution < 1.29 is 9.90 Å². The first-order valence-electron chi connectivity index (χ1n) is 6.74. The number of para-hydroxylation sites is 1. The lowest BCUT2D eigenvalue weighted by molar-refractivity contribution is -0.137. The van der Waals surface area contributed by atoms with E-state index in [0.717, 1.165) is 22.2 Å². The van der Waals surface area contributed by atoms with Gasteiger partial charge in [-0.15, -0.1) is 0 Å². The number of hydrogen-bond donors (Lipinski definition) is 2. The number of benzene rings is 1. The fourth-order valence-corrected chi connectivity index (χ4v) is 2.87. The van der Waals surface area contributed by atoms with Crippen LogP contribution >= 0.6 is 0 Å². The van der Waals surface area contributed by atoms with Gasteiger partial charge in [0.1, 0.15) is 0 Å². The van der Waals surface area contributed by atoms with E-state index >= 15 is 0 Å². The van der Waals surface area contributed by atoms with Crippen molar-refractivity contribution >= 4 is 16.9 Å². The molecule has 1 aromatic heterocycles. The molecule has 2 N–H and O–H groups in total. The van der Waals surface area contributed by atoms with Crippen molar-refractivity contribution in [1.82, 2.24) is 4.98 Å². The zero-order chi connectivity index (χ0) is 14.2. The maximum absolute atomic E-state index is 10.9. The molecule has 0 fully saturated rings. The Hall–Kier alpha value is -1.77. The first-order chi connectivity index (χ1) is 8.91. The molecule has 1 aromatic carbocycles. The van der Waals surface area contributed by atoms with E-state index in [1.807, 2.05) is 13.8 Å². The fraction of sp³-hybridized carbons (Fsp3) is 0.438. The molecule has 1 unspecified atom stereocenters. The molecule has 0 saturated heterocycles. The fourth-order valence-electron chi connectivity index (χ4n) is 2.87. The van der Waals surface area contributed by atoms with Gasteiger partial charge >= 0.3 is 5.97 Å². The molecule has 0 radical (unpaired) electrons. The van der Waals surface area contributed by atoms with E-state index in [1.54, 1.807) is 0 Å². The molecule has 0 aliphatic rings. The number of aromatic nitrogens is 1. The van der Waals surface area contributed by atoms with Gasteiger partial charge in [-0.3, -0.25) is 4.79 Å². The average Bonchev–Trinajstić information content (AvgIpc) is 2.63. The molecule has 0 aliphatic heterocycles. The molecule has 0 amide bonds. The smallest absolute Gasteiger partial charge is 0.303 e. The van der Waals surface area contributed by atoms with Crippen LogP contribution in [-0.2, 0) is 4.79 Å². The Morgan fingerprint density at radius 1 is 1.32 bits per heavy atom. The summed E-state index contributed by atoms with van der Waals surface area (Å²) in [4.78, 5) is 14.4. The van der Waals surface area contributed by atoms with Crippen LogP contribution in [0.2, 0.25) is 0 Å². The number of fused-ring (bicyclic) bond motifs is 1. The topological polar surface area (TPSA) is 53.1 Å². The largest absolute Gasteiger partial charge is 0.481 e. The zero-order valence-electron chi connectivity index (χ0n) is 11.9. The highest BCUT2D eigenvalue weighted by Crippen LogP contribution is 2.34. The molecule has 1 heterocycles. The number of hydrogen-bond acceptors (Lipinski definition) is 1. The Bertz CT molecular complexity index is 610. The molecule has 19 heavy (non-hydrogen) atoms. The van der Waals surface area contributed by atoms with E-state index in [4.69, 9.17) is 5.11 Å². The van der Waals surface area contributed by atoms with Crippen molar-refractivity contribution in [3.63, 3.8) is 0 Å². The lowest BCUT2D eigenvalue weighted by Gasteiger charge is -2.10. The SMILES string of the molecule is Cc1[nH]c2c(C(C)C)cccc2c1C(C)CC(=O)O. The summed E-state index contributed by atoms with van der Waals surface area (Å²) >= 11 is 0. The van der Waals surface area contributed by atoms with Crippen molar-refractivity contribution in [1.29, 1.82) is 0 Å². The molecule has 0 saturated carbocycles. The van der Waals surface area contributed by atoms with E-state index in [9.17, 15) is 4.79 Å². The first kappa shape index (κ1) is 13.7. The summed E-state index contributed by atoms with van der Waals surface area (Å²) < 4.78 is 0. The monoisotopic (exact) mass is 259 g/mol. The maximum Gasteiger partial charge on any atom is 0.303 e. The number of carboxylic acid groups (broad SMARTS) is 1. The highest BCUT2D eigenvalue weighted by atomic mass is 16.4. The van der Waals surface area contributed by atoms with E-state index in [1.165, 1.54) is 5.56 Å². The summed E-state index contributed by atoms with van der Waals surface area (Å²) in [6.45, 7) is 8.35. The third kappa shape index (κ3) is 2.50. The molecule has 0 spiro atoms. The summed E-state index contributed by atoms with van der Waals surface area (Å²) in [6, 6.07) is 6.27. The van der Waals surface area contributed by atoms with Crippen molar-refractivity contribution in [2.75, 3.05) is 0 Å². The van der Waals surface area contributed by atoms with Gasteiger partial charge < -0.3 is 10.1 Å². The van der Waals surface area contributed by atoms with Gasteiger partial charge in [0.15, 0.2) is 0 Å². The lowest BCUT2D eigenvalue weighted by Crippen LogP contribution is -2.03. The number of aromatic amines is 1. The second-order valence-corrected chi connectivity index (χ2v) is 5.59. The second-order valence-electron chi connectivity index (χ2n) is 5.59. The molecule has 2 aromatic rings. The molecule has 2 rings (SSSR count). The van der Waals surface area contributed by atoms with Gasteiger partial charge in [-0.25, -0.2) is 0 Å². The molecule has 3 nitrogen and oxygen atoms in total. The summed E-state index contributed by atoms with van der Waals surface area (Å²) in [6.07, 6.45) is 0.166. The summed E-state index contributed by atoms with van der Waals surface area (Å²) in [5, 5.41) is 10.1. The lowest BCUT2D eigenvalue weighted by atomic mass is 9.93. The number of nitrogens with one attached hydrogen (secondary N) is 1. The third-order valence-corrected chi connectivity index (χ3v) is 3.70. The quantitative estimate of drug-likeness (QED) is 0.865. The molecular weight excluding hydrogens is 238 g/mol. The molecule has 0 aliphatic carbocycles. The van der Waals surface area contributed by atoms with Crippen LogP contribution in [0.5, 0.6) is 0 Å². The van der Waals surface area contributed by atoms with Gasteiger partial charge in [-0.1, -0.05) is 39.0 Å². The highest BCUT2D eigenvalue weighted by Gasteiger charge is 2.19. The molecule has 3 heteroatoms. The van der Waals surface area contributed by atoms with Gasteiger partial charge in [-0.05, 0) is 29.9 Å². The predicted molar refractivity (Wildman–Crippen MR) is 77.8 cm³/mol. The van der Waals surface area contributed by atoms with Gasteiger partial charge in [0.2, 0.25) is 0 Å². The van der Waals surface area contributed by atoms with Crippen LogP contribution in [0.1, 0.15) is 55.8 Å². The van der Waals surface area contributed by atoms with Crippen molar-refractivity contribution in [2.45, 2.75) is 46.0 Å². The van der Waals surface area contributed by atoms with Crippen LogP contribution in [0.25, 0.3) is 10.9 Å². The molecule has 1 atom stereocenters. The van der Waals surface area contributed by atoms with E-state index < -0.39 is 5.97 Å². The number of carbonyl (C=O) groups is 1. The predicted octanol–water partition coefficient (Wildman–Crippen LogP) is 4.18. The summed E-state index contributed by atoms with van der Waals surface area (Å²) in [5.74, 6) is -0.278. The minimum atomic E-state index is -0.749. The molecule has 102 valence electrons. The Morgan fingerprint density at radius 3 is 2.58 bits per heavy atom. The first-order valence-corrected chi connectivity index (χ1v) is 6.74. The normalized spacial score (nSPS) is 13.1. The van der Waals surface area contributed by atoms with Crippen molar-refractivity contribution in [2.24, 2.45) is 0 Å². The Labute approximate surface area is 113 Å². The number of aryl methyl sites for hydroxylation is 1. The Kier molecular flexibility index (Phi) is 3.65.